The van der Waals surface area contributed by atoms with Crippen LogP contribution in [0.5, 0.6) is 0 Å². The molecule has 0 aliphatic rings. The van der Waals surface area contributed by atoms with Gasteiger partial charge in [0.1, 0.15) is 5.39 Å². The summed E-state index contributed by atoms with van der Waals surface area (Å²) < 4.78 is 4.84. The van der Waals surface area contributed by atoms with Gasteiger partial charge >= 0.3 is 11.3 Å². The topological polar surface area (TPSA) is 105 Å². The standard InChI is InChI=1S/C11H12N2O5/c1-2-3-4-6-5-7(14)18-10-8(6)9(15)12-11(16)13(10)17/h5,17H,2-4H2,1H3,(H,12,15,16). The molecular weight excluding hydrogens is 240 g/mol. The molecule has 0 fully saturated rings. The Morgan fingerprint density at radius 2 is 2.11 bits per heavy atom. The fourth-order valence-electron chi connectivity index (χ4n) is 1.79. The molecule has 7 nitrogen and oxygen atoms in total. The van der Waals surface area contributed by atoms with Crippen molar-refractivity contribution in [2.45, 2.75) is 26.2 Å². The first-order chi connectivity index (χ1) is 8.54. The molecular formula is C11H12N2O5. The Bertz CT molecular complexity index is 753. The Morgan fingerprint density at radius 1 is 1.39 bits per heavy atom. The molecule has 0 aliphatic heterocycles. The minimum absolute atomic E-state index is 0.0325. The van der Waals surface area contributed by atoms with Gasteiger partial charge in [-0.25, -0.2) is 9.59 Å². The van der Waals surface area contributed by atoms with Gasteiger partial charge in [-0.15, -0.1) is 0 Å². The van der Waals surface area contributed by atoms with Gasteiger partial charge in [0.2, 0.25) is 0 Å². The highest BCUT2D eigenvalue weighted by Crippen LogP contribution is 2.12. The van der Waals surface area contributed by atoms with Crippen LogP contribution in [0.25, 0.3) is 11.1 Å². The van der Waals surface area contributed by atoms with Gasteiger partial charge < -0.3 is 9.62 Å². The van der Waals surface area contributed by atoms with E-state index in [0.717, 1.165) is 12.8 Å². The number of rotatable bonds is 3. The van der Waals surface area contributed by atoms with Crippen LogP contribution >= 0.6 is 0 Å². The minimum Gasteiger partial charge on any atom is -0.421 e. The highest BCUT2D eigenvalue weighted by atomic mass is 16.5. The number of nitrogens with one attached hydrogen (secondary N) is 1. The number of fused-ring (bicyclic) bond motifs is 1. The summed E-state index contributed by atoms with van der Waals surface area (Å²) in [5.41, 5.74) is -2.37. The van der Waals surface area contributed by atoms with E-state index in [-0.39, 0.29) is 10.1 Å². The number of aryl methyl sites for hydroxylation is 1. The summed E-state index contributed by atoms with van der Waals surface area (Å²) in [6.45, 7) is 1.97. The van der Waals surface area contributed by atoms with E-state index >= 15 is 0 Å². The van der Waals surface area contributed by atoms with Crippen molar-refractivity contribution in [3.63, 3.8) is 0 Å². The first-order valence-electron chi connectivity index (χ1n) is 5.56. The molecule has 2 aromatic heterocycles. The van der Waals surface area contributed by atoms with Crippen molar-refractivity contribution >= 4 is 11.1 Å². The van der Waals surface area contributed by atoms with Crippen LogP contribution in [0.4, 0.5) is 0 Å². The van der Waals surface area contributed by atoms with Crippen molar-refractivity contribution in [1.82, 2.24) is 9.71 Å². The molecule has 0 saturated carbocycles. The number of unbranched alkanes of at least 4 members (excludes halogenated alkanes) is 1. The van der Waals surface area contributed by atoms with Crippen molar-refractivity contribution in [3.8, 4) is 0 Å². The molecule has 0 aromatic carbocycles. The number of aromatic amines is 1. The van der Waals surface area contributed by atoms with Gasteiger partial charge in [0.05, 0.1) is 0 Å². The lowest BCUT2D eigenvalue weighted by atomic mass is 10.1. The molecule has 0 aliphatic carbocycles. The smallest absolute Gasteiger partial charge is 0.364 e. The number of hydrogen-bond donors (Lipinski definition) is 2. The van der Waals surface area contributed by atoms with Crippen LogP contribution in [0.1, 0.15) is 25.3 Å². The molecule has 0 saturated heterocycles. The zero-order valence-electron chi connectivity index (χ0n) is 9.73. The quantitative estimate of drug-likeness (QED) is 0.760. The monoisotopic (exact) mass is 252 g/mol. The molecule has 0 radical (unpaired) electrons. The van der Waals surface area contributed by atoms with Crippen molar-refractivity contribution < 1.29 is 9.62 Å². The maximum atomic E-state index is 11.7. The highest BCUT2D eigenvalue weighted by Gasteiger charge is 2.14. The fraction of sp³-hybridized carbons (Fsp3) is 0.364. The predicted octanol–water partition coefficient (Wildman–Crippen LogP) is 0.223. The van der Waals surface area contributed by atoms with Gasteiger partial charge in [0.25, 0.3) is 11.3 Å². The number of H-pyrrole nitrogens is 1. The number of nitrogens with zero attached hydrogens (tertiary/aromatic N) is 1. The Balaban J connectivity index is 2.87. The summed E-state index contributed by atoms with van der Waals surface area (Å²) in [4.78, 5) is 36.2. The van der Waals surface area contributed by atoms with Crippen LogP contribution in [0.2, 0.25) is 0 Å². The van der Waals surface area contributed by atoms with Crippen molar-refractivity contribution in [1.29, 1.82) is 0 Å². The van der Waals surface area contributed by atoms with E-state index in [1.165, 1.54) is 6.07 Å². The molecule has 7 heteroatoms. The van der Waals surface area contributed by atoms with Gasteiger partial charge in [-0.1, -0.05) is 18.1 Å². The average Bonchev–Trinajstić information content (AvgIpc) is 2.32. The molecule has 2 aromatic rings. The molecule has 0 bridgehead atoms. The van der Waals surface area contributed by atoms with E-state index in [0.29, 0.717) is 12.0 Å². The van der Waals surface area contributed by atoms with Gasteiger partial charge in [-0.2, -0.15) is 0 Å². The minimum atomic E-state index is -1.04. The summed E-state index contributed by atoms with van der Waals surface area (Å²) in [5.74, 6) is 0. The molecule has 0 atom stereocenters. The fourth-order valence-corrected chi connectivity index (χ4v) is 1.79. The summed E-state index contributed by atoms with van der Waals surface area (Å²) in [6.07, 6.45) is 2.17. The molecule has 18 heavy (non-hydrogen) atoms. The largest absolute Gasteiger partial charge is 0.421 e. The van der Waals surface area contributed by atoms with Gasteiger partial charge in [-0.3, -0.25) is 9.78 Å². The van der Waals surface area contributed by atoms with Crippen LogP contribution in [-0.4, -0.2) is 14.9 Å². The number of aromatic nitrogens is 2. The molecule has 2 heterocycles. The van der Waals surface area contributed by atoms with Crippen LogP contribution in [0.15, 0.2) is 24.9 Å². The first-order valence-corrected chi connectivity index (χ1v) is 5.56. The van der Waals surface area contributed by atoms with E-state index in [4.69, 9.17) is 4.42 Å². The normalized spacial score (nSPS) is 10.9. The molecule has 0 unspecified atom stereocenters. The SMILES string of the molecule is CCCCc1cc(=O)oc2c1c(=O)[nH]c(=O)n2O. The Morgan fingerprint density at radius 3 is 2.78 bits per heavy atom. The maximum Gasteiger partial charge on any atom is 0.364 e. The third-order valence-corrected chi connectivity index (χ3v) is 2.66. The molecule has 96 valence electrons. The third kappa shape index (κ3) is 1.94. The predicted molar refractivity (Wildman–Crippen MR) is 63.2 cm³/mol. The van der Waals surface area contributed by atoms with Gasteiger partial charge in [-0.05, 0) is 18.4 Å². The van der Waals surface area contributed by atoms with Crippen molar-refractivity contribution in [2.24, 2.45) is 0 Å². The van der Waals surface area contributed by atoms with Crippen LogP contribution in [-0.2, 0) is 6.42 Å². The van der Waals surface area contributed by atoms with E-state index in [2.05, 4.69) is 0 Å². The molecule has 2 rings (SSSR count). The summed E-state index contributed by atoms with van der Waals surface area (Å²) in [6, 6.07) is 1.21. The van der Waals surface area contributed by atoms with Crippen molar-refractivity contribution in [3.05, 3.63) is 42.9 Å². The summed E-state index contributed by atoms with van der Waals surface area (Å²) in [5, 5.41) is 9.49. The molecule has 2 N–H and O–H groups in total. The zero-order valence-corrected chi connectivity index (χ0v) is 9.73. The first kappa shape index (κ1) is 12.2. The van der Waals surface area contributed by atoms with E-state index in [1.54, 1.807) is 0 Å². The molecule has 0 spiro atoms. The highest BCUT2D eigenvalue weighted by molar-refractivity contribution is 5.75. The molecule has 0 amide bonds. The summed E-state index contributed by atoms with van der Waals surface area (Å²) in [7, 11) is 0. The second-order valence-corrected chi connectivity index (χ2v) is 3.95. The number of hydrogen-bond acceptors (Lipinski definition) is 5. The Hall–Kier alpha value is -2.31. The van der Waals surface area contributed by atoms with Crippen LogP contribution in [0.3, 0.4) is 0 Å². The van der Waals surface area contributed by atoms with E-state index in [9.17, 15) is 19.6 Å². The van der Waals surface area contributed by atoms with E-state index in [1.807, 2.05) is 11.9 Å². The second kappa shape index (κ2) is 4.52. The maximum absolute atomic E-state index is 11.7. The van der Waals surface area contributed by atoms with Crippen LogP contribution < -0.4 is 16.9 Å². The van der Waals surface area contributed by atoms with Crippen molar-refractivity contribution in [2.75, 3.05) is 0 Å². The zero-order chi connectivity index (χ0) is 13.3. The summed E-state index contributed by atoms with van der Waals surface area (Å²) >= 11 is 0. The second-order valence-electron chi connectivity index (χ2n) is 3.95. The van der Waals surface area contributed by atoms with Gasteiger partial charge in [0.15, 0.2) is 0 Å². The van der Waals surface area contributed by atoms with E-state index < -0.39 is 22.6 Å². The van der Waals surface area contributed by atoms with Gasteiger partial charge in [0, 0.05) is 6.07 Å². The van der Waals surface area contributed by atoms with Crippen LogP contribution in [0, 0.1) is 0 Å². The average molecular weight is 252 g/mol. The lowest BCUT2D eigenvalue weighted by Crippen LogP contribution is -2.30. The lowest BCUT2D eigenvalue weighted by Gasteiger charge is -2.04. The lowest BCUT2D eigenvalue weighted by molar-refractivity contribution is 0.170. The third-order valence-electron chi connectivity index (χ3n) is 2.66. The Kier molecular flexibility index (Phi) is 3.05. The Labute approximate surface area is 100 Å².